The highest BCUT2D eigenvalue weighted by atomic mass is 16.5. The third kappa shape index (κ3) is 5.85. The van der Waals surface area contributed by atoms with Gasteiger partial charge >= 0.3 is 5.97 Å². The van der Waals surface area contributed by atoms with Crippen LogP contribution in [-0.2, 0) is 16.1 Å². The van der Waals surface area contributed by atoms with Crippen LogP contribution in [0.3, 0.4) is 0 Å². The summed E-state index contributed by atoms with van der Waals surface area (Å²) in [5.41, 5.74) is 1.15. The first-order chi connectivity index (χ1) is 14.4. The lowest BCUT2D eigenvalue weighted by atomic mass is 10.1. The molecule has 0 bridgehead atoms. The van der Waals surface area contributed by atoms with Crippen LogP contribution in [0.4, 0.5) is 5.82 Å². The van der Waals surface area contributed by atoms with Gasteiger partial charge in [0.05, 0.1) is 26.9 Å². The molecule has 0 saturated carbocycles. The fourth-order valence-corrected chi connectivity index (χ4v) is 3.03. The highest BCUT2D eigenvalue weighted by Gasteiger charge is 2.21. The zero-order valence-corrected chi connectivity index (χ0v) is 18.2. The summed E-state index contributed by atoms with van der Waals surface area (Å²) in [6.07, 6.45) is 1.53. The third-order valence-corrected chi connectivity index (χ3v) is 4.70. The molecule has 0 aliphatic rings. The molecule has 8 heteroatoms. The number of methoxy groups -OCH3 is 3. The van der Waals surface area contributed by atoms with E-state index in [2.05, 4.69) is 9.88 Å². The van der Waals surface area contributed by atoms with Crippen molar-refractivity contribution in [1.29, 1.82) is 0 Å². The number of rotatable bonds is 10. The second-order valence-corrected chi connectivity index (χ2v) is 6.54. The summed E-state index contributed by atoms with van der Waals surface area (Å²) in [5.74, 6) is 1.17. The van der Waals surface area contributed by atoms with Crippen LogP contribution in [0.2, 0.25) is 0 Å². The smallest absolute Gasteiger partial charge is 0.325 e. The van der Waals surface area contributed by atoms with Gasteiger partial charge < -0.3 is 24.0 Å². The van der Waals surface area contributed by atoms with Gasteiger partial charge in [0, 0.05) is 31.9 Å². The van der Waals surface area contributed by atoms with Crippen LogP contribution in [-0.4, -0.2) is 62.7 Å². The maximum Gasteiger partial charge on any atom is 0.325 e. The third-order valence-electron chi connectivity index (χ3n) is 4.70. The predicted molar refractivity (Wildman–Crippen MR) is 114 cm³/mol. The van der Waals surface area contributed by atoms with E-state index < -0.39 is 5.97 Å². The Morgan fingerprint density at radius 2 is 1.60 bits per heavy atom. The largest absolute Gasteiger partial charge is 0.497 e. The van der Waals surface area contributed by atoms with Gasteiger partial charge in [-0.1, -0.05) is 0 Å². The molecule has 1 amide bonds. The summed E-state index contributed by atoms with van der Waals surface area (Å²) in [5, 5.41) is 0. The van der Waals surface area contributed by atoms with Crippen molar-refractivity contribution in [3.8, 4) is 11.5 Å². The van der Waals surface area contributed by atoms with Crippen molar-refractivity contribution in [2.75, 3.05) is 45.9 Å². The summed E-state index contributed by atoms with van der Waals surface area (Å²) < 4.78 is 15.4. The van der Waals surface area contributed by atoms with Crippen molar-refractivity contribution in [3.63, 3.8) is 0 Å². The lowest BCUT2D eigenvalue weighted by Crippen LogP contribution is -2.36. The molecule has 1 heterocycles. The number of carbonyl (C=O) groups excluding carboxylic acids is 2. The molecule has 0 radical (unpaired) electrons. The molecule has 0 unspecified atom stereocenters. The van der Waals surface area contributed by atoms with Crippen LogP contribution in [0.1, 0.15) is 29.8 Å². The zero-order valence-electron chi connectivity index (χ0n) is 18.2. The van der Waals surface area contributed by atoms with Gasteiger partial charge in [0.15, 0.2) is 0 Å². The van der Waals surface area contributed by atoms with Gasteiger partial charge in [-0.05, 0) is 43.7 Å². The molecule has 8 nitrogen and oxygen atoms in total. The molecule has 0 aliphatic heterocycles. The SMILES string of the molecule is CCN(CC)c1ccc(C(=O)N(CC(=O)OC)Cc2cc(OC)cc(OC)c2)cn1. The Hall–Kier alpha value is -3.29. The molecule has 162 valence electrons. The van der Waals surface area contributed by atoms with Gasteiger partial charge in [-0.25, -0.2) is 4.98 Å². The number of esters is 1. The first-order valence-corrected chi connectivity index (χ1v) is 9.74. The van der Waals surface area contributed by atoms with Gasteiger partial charge in [0.25, 0.3) is 5.91 Å². The predicted octanol–water partition coefficient (Wildman–Crippen LogP) is 2.76. The van der Waals surface area contributed by atoms with E-state index in [0.29, 0.717) is 17.1 Å². The number of anilines is 1. The quantitative estimate of drug-likeness (QED) is 0.552. The van der Waals surface area contributed by atoms with Crippen molar-refractivity contribution < 1.29 is 23.8 Å². The molecule has 0 atom stereocenters. The number of pyridine rings is 1. The molecule has 0 saturated heterocycles. The van der Waals surface area contributed by atoms with Crippen LogP contribution >= 0.6 is 0 Å². The number of amides is 1. The van der Waals surface area contributed by atoms with E-state index in [4.69, 9.17) is 14.2 Å². The Labute approximate surface area is 177 Å². The highest BCUT2D eigenvalue weighted by molar-refractivity contribution is 5.95. The van der Waals surface area contributed by atoms with E-state index >= 15 is 0 Å². The van der Waals surface area contributed by atoms with E-state index in [9.17, 15) is 9.59 Å². The monoisotopic (exact) mass is 415 g/mol. The first-order valence-electron chi connectivity index (χ1n) is 9.74. The second kappa shape index (κ2) is 11.0. The maximum atomic E-state index is 13.1. The summed E-state index contributed by atoms with van der Waals surface area (Å²) in [6, 6.07) is 8.86. The molecule has 1 aromatic carbocycles. The average Bonchev–Trinajstić information content (AvgIpc) is 2.78. The normalized spacial score (nSPS) is 10.3. The lowest BCUT2D eigenvalue weighted by molar-refractivity contribution is -0.141. The maximum absolute atomic E-state index is 13.1. The molecule has 1 aromatic heterocycles. The molecular weight excluding hydrogens is 386 g/mol. The molecule has 30 heavy (non-hydrogen) atoms. The Balaban J connectivity index is 2.30. The van der Waals surface area contributed by atoms with Gasteiger partial charge in [-0.15, -0.1) is 0 Å². The Kier molecular flexibility index (Phi) is 8.46. The van der Waals surface area contributed by atoms with E-state index in [1.54, 1.807) is 38.5 Å². The first kappa shape index (κ1) is 23.0. The summed E-state index contributed by atoms with van der Waals surface area (Å²) in [6.45, 7) is 5.73. The molecule has 2 aromatic rings. The fourth-order valence-electron chi connectivity index (χ4n) is 3.03. The van der Waals surface area contributed by atoms with Gasteiger partial charge in [0.1, 0.15) is 23.9 Å². The molecule has 0 fully saturated rings. The minimum atomic E-state index is -0.508. The second-order valence-electron chi connectivity index (χ2n) is 6.54. The van der Waals surface area contributed by atoms with Crippen molar-refractivity contribution in [2.45, 2.75) is 20.4 Å². The van der Waals surface area contributed by atoms with Crippen molar-refractivity contribution >= 4 is 17.7 Å². The van der Waals surface area contributed by atoms with E-state index in [-0.39, 0.29) is 19.0 Å². The number of nitrogens with zero attached hydrogens (tertiary/aromatic N) is 3. The highest BCUT2D eigenvalue weighted by Crippen LogP contribution is 2.24. The Bertz CT molecular complexity index is 828. The van der Waals surface area contributed by atoms with Crippen molar-refractivity contribution in [3.05, 3.63) is 47.7 Å². The molecular formula is C22H29N3O5. The Morgan fingerprint density at radius 3 is 2.07 bits per heavy atom. The summed E-state index contributed by atoms with van der Waals surface area (Å²) in [7, 11) is 4.40. The van der Waals surface area contributed by atoms with Crippen LogP contribution < -0.4 is 14.4 Å². The van der Waals surface area contributed by atoms with Crippen LogP contribution in [0.5, 0.6) is 11.5 Å². The summed E-state index contributed by atoms with van der Waals surface area (Å²) in [4.78, 5) is 33.0. The van der Waals surface area contributed by atoms with E-state index in [1.165, 1.54) is 18.2 Å². The van der Waals surface area contributed by atoms with E-state index in [0.717, 1.165) is 24.5 Å². The number of ether oxygens (including phenoxy) is 3. The Morgan fingerprint density at radius 1 is 0.967 bits per heavy atom. The van der Waals surface area contributed by atoms with E-state index in [1.807, 2.05) is 19.9 Å². The average molecular weight is 415 g/mol. The number of hydrogen-bond acceptors (Lipinski definition) is 7. The van der Waals surface area contributed by atoms with Gasteiger partial charge in [-0.3, -0.25) is 9.59 Å². The minimum Gasteiger partial charge on any atom is -0.497 e. The summed E-state index contributed by atoms with van der Waals surface area (Å²) >= 11 is 0. The van der Waals surface area contributed by atoms with Crippen molar-refractivity contribution in [1.82, 2.24) is 9.88 Å². The van der Waals surface area contributed by atoms with Crippen LogP contribution in [0, 0.1) is 0 Å². The number of hydrogen-bond donors (Lipinski definition) is 0. The number of aromatic nitrogens is 1. The molecule has 0 spiro atoms. The molecule has 2 rings (SSSR count). The number of carbonyl (C=O) groups is 2. The van der Waals surface area contributed by atoms with Gasteiger partial charge in [0.2, 0.25) is 0 Å². The topological polar surface area (TPSA) is 81.2 Å². The van der Waals surface area contributed by atoms with Crippen LogP contribution in [0.15, 0.2) is 36.5 Å². The standard InChI is InChI=1S/C22H29N3O5/c1-6-24(7-2)20-9-8-17(13-23-20)22(27)25(15-21(26)30-5)14-16-10-18(28-3)12-19(11-16)29-4/h8-13H,6-7,14-15H2,1-5H3. The zero-order chi connectivity index (χ0) is 22.1. The number of benzene rings is 1. The lowest BCUT2D eigenvalue weighted by Gasteiger charge is -2.23. The fraction of sp³-hybridized carbons (Fsp3) is 0.409. The van der Waals surface area contributed by atoms with Gasteiger partial charge in [-0.2, -0.15) is 0 Å². The van der Waals surface area contributed by atoms with Crippen LogP contribution in [0.25, 0.3) is 0 Å². The molecule has 0 aliphatic carbocycles. The minimum absolute atomic E-state index is 0.180. The van der Waals surface area contributed by atoms with Crippen molar-refractivity contribution in [2.24, 2.45) is 0 Å². The molecule has 0 N–H and O–H groups in total.